The van der Waals surface area contributed by atoms with Gasteiger partial charge >= 0.3 is 0 Å². The molecule has 8 heteroatoms. The number of hydrogen-bond acceptors (Lipinski definition) is 4. The Kier molecular flexibility index (Phi) is 9.20. The highest BCUT2D eigenvalue weighted by Gasteiger charge is 2.23. The predicted octanol–water partition coefficient (Wildman–Crippen LogP) is 3.57. The third kappa shape index (κ3) is 7.21. The van der Waals surface area contributed by atoms with Crippen LogP contribution in [0.1, 0.15) is 31.2 Å². The van der Waals surface area contributed by atoms with Crippen molar-refractivity contribution < 1.29 is 14.3 Å². The molecule has 2 aliphatic rings. The van der Waals surface area contributed by atoms with Crippen molar-refractivity contribution >= 4 is 41.1 Å². The van der Waals surface area contributed by atoms with Gasteiger partial charge in [-0.1, -0.05) is 29.3 Å². The molecule has 170 valence electrons. The maximum absolute atomic E-state index is 12.6. The zero-order valence-electron chi connectivity index (χ0n) is 18.1. The van der Waals surface area contributed by atoms with Crippen molar-refractivity contribution in [2.75, 3.05) is 52.9 Å². The number of methoxy groups -OCH3 is 1. The molecule has 1 aromatic rings. The standard InChI is InChI=1S/C23H31Cl2N3O3/c1-31-19-7-12-26(13-8-19)10-2-11-27-15-16-28(14-9-23(27)30)22(29)6-4-18-3-5-20(24)21(25)17-18/h3-6,17,19H,2,7-16H2,1H3. The first-order valence-corrected chi connectivity index (χ1v) is 11.7. The number of carbonyl (C=O) groups excluding carboxylic acids is 2. The number of nitrogens with zero attached hydrogens (tertiary/aromatic N) is 3. The number of benzene rings is 1. The lowest BCUT2D eigenvalue weighted by atomic mass is 10.1. The van der Waals surface area contributed by atoms with Gasteiger partial charge in [0.25, 0.3) is 0 Å². The van der Waals surface area contributed by atoms with Gasteiger partial charge in [-0.2, -0.15) is 0 Å². The lowest BCUT2D eigenvalue weighted by Crippen LogP contribution is -2.39. The second kappa shape index (κ2) is 11.9. The highest BCUT2D eigenvalue weighted by molar-refractivity contribution is 6.42. The molecule has 0 bridgehead atoms. The second-order valence-electron chi connectivity index (χ2n) is 8.09. The molecule has 2 fully saturated rings. The van der Waals surface area contributed by atoms with Crippen LogP contribution in [0.4, 0.5) is 0 Å². The Morgan fingerprint density at radius 2 is 1.87 bits per heavy atom. The molecule has 0 spiro atoms. The summed E-state index contributed by atoms with van der Waals surface area (Å²) in [6.45, 7) is 5.43. The van der Waals surface area contributed by atoms with Gasteiger partial charge in [0.1, 0.15) is 0 Å². The summed E-state index contributed by atoms with van der Waals surface area (Å²) >= 11 is 12.0. The fourth-order valence-corrected chi connectivity index (χ4v) is 4.37. The number of hydrogen-bond donors (Lipinski definition) is 0. The quantitative estimate of drug-likeness (QED) is 0.575. The minimum absolute atomic E-state index is 0.0956. The molecule has 1 aromatic carbocycles. The van der Waals surface area contributed by atoms with Crippen LogP contribution >= 0.6 is 23.2 Å². The molecule has 2 heterocycles. The molecule has 2 aliphatic heterocycles. The fourth-order valence-electron chi connectivity index (χ4n) is 4.07. The molecule has 31 heavy (non-hydrogen) atoms. The van der Waals surface area contributed by atoms with E-state index in [0.29, 0.717) is 42.2 Å². The summed E-state index contributed by atoms with van der Waals surface area (Å²) in [5.74, 6) is 0.0311. The Labute approximate surface area is 194 Å². The van der Waals surface area contributed by atoms with Crippen LogP contribution in [0.3, 0.4) is 0 Å². The first-order chi connectivity index (χ1) is 15.0. The molecule has 0 saturated carbocycles. The maximum atomic E-state index is 12.6. The third-order valence-electron chi connectivity index (χ3n) is 6.03. The predicted molar refractivity (Wildman–Crippen MR) is 124 cm³/mol. The summed E-state index contributed by atoms with van der Waals surface area (Å²) in [5.41, 5.74) is 0.810. The summed E-state index contributed by atoms with van der Waals surface area (Å²) in [7, 11) is 1.78. The van der Waals surface area contributed by atoms with E-state index in [1.165, 1.54) is 6.08 Å². The van der Waals surface area contributed by atoms with E-state index < -0.39 is 0 Å². The van der Waals surface area contributed by atoms with Crippen molar-refractivity contribution in [1.29, 1.82) is 0 Å². The topological polar surface area (TPSA) is 53.1 Å². The lowest BCUT2D eigenvalue weighted by Gasteiger charge is -2.31. The molecule has 0 atom stereocenters. The smallest absolute Gasteiger partial charge is 0.246 e. The molecule has 0 unspecified atom stereocenters. The average Bonchev–Trinajstić information content (AvgIpc) is 2.96. The Balaban J connectivity index is 1.43. The van der Waals surface area contributed by atoms with E-state index >= 15 is 0 Å². The van der Waals surface area contributed by atoms with Crippen LogP contribution in [0, 0.1) is 0 Å². The zero-order chi connectivity index (χ0) is 22.2. The van der Waals surface area contributed by atoms with Gasteiger partial charge in [0.2, 0.25) is 11.8 Å². The molecule has 0 radical (unpaired) electrons. The van der Waals surface area contributed by atoms with E-state index in [9.17, 15) is 9.59 Å². The zero-order valence-corrected chi connectivity index (χ0v) is 19.6. The van der Waals surface area contributed by atoms with E-state index in [4.69, 9.17) is 27.9 Å². The van der Waals surface area contributed by atoms with Crippen LogP contribution in [-0.2, 0) is 14.3 Å². The fraction of sp³-hybridized carbons (Fsp3) is 0.565. The monoisotopic (exact) mass is 467 g/mol. The van der Waals surface area contributed by atoms with Gasteiger partial charge in [-0.25, -0.2) is 0 Å². The average molecular weight is 468 g/mol. The van der Waals surface area contributed by atoms with Crippen LogP contribution in [0.25, 0.3) is 6.08 Å². The van der Waals surface area contributed by atoms with Crippen LogP contribution in [0.2, 0.25) is 10.0 Å². The lowest BCUT2D eigenvalue weighted by molar-refractivity contribution is -0.130. The number of likely N-dealkylation sites (tertiary alicyclic amines) is 1. The van der Waals surface area contributed by atoms with Crippen molar-refractivity contribution in [3.63, 3.8) is 0 Å². The van der Waals surface area contributed by atoms with Gasteiger partial charge in [0.15, 0.2) is 0 Å². The number of amides is 2. The van der Waals surface area contributed by atoms with E-state index in [1.54, 1.807) is 30.2 Å². The summed E-state index contributed by atoms with van der Waals surface area (Å²) in [5, 5.41) is 0.936. The Morgan fingerprint density at radius 3 is 2.58 bits per heavy atom. The second-order valence-corrected chi connectivity index (χ2v) is 8.91. The molecule has 0 aliphatic carbocycles. The van der Waals surface area contributed by atoms with Crippen molar-refractivity contribution in [1.82, 2.24) is 14.7 Å². The van der Waals surface area contributed by atoms with Crippen molar-refractivity contribution in [3.8, 4) is 0 Å². The number of rotatable bonds is 7. The molecule has 6 nitrogen and oxygen atoms in total. The van der Waals surface area contributed by atoms with Gasteiger partial charge in [0, 0.05) is 58.9 Å². The summed E-state index contributed by atoms with van der Waals surface area (Å²) in [6.07, 6.45) is 7.11. The highest BCUT2D eigenvalue weighted by atomic mass is 35.5. The minimum Gasteiger partial charge on any atom is -0.381 e. The van der Waals surface area contributed by atoms with Crippen LogP contribution in [-0.4, -0.2) is 85.5 Å². The van der Waals surface area contributed by atoms with E-state index in [0.717, 1.165) is 51.0 Å². The van der Waals surface area contributed by atoms with Gasteiger partial charge < -0.3 is 19.4 Å². The molecular formula is C23H31Cl2N3O3. The normalized spacial score (nSPS) is 19.3. The van der Waals surface area contributed by atoms with Gasteiger partial charge in [0.05, 0.1) is 16.1 Å². The molecule has 3 rings (SSSR count). The first-order valence-electron chi connectivity index (χ1n) is 10.9. The van der Waals surface area contributed by atoms with E-state index in [-0.39, 0.29) is 11.8 Å². The van der Waals surface area contributed by atoms with E-state index in [1.807, 2.05) is 11.0 Å². The third-order valence-corrected chi connectivity index (χ3v) is 6.77. The van der Waals surface area contributed by atoms with Gasteiger partial charge in [-0.15, -0.1) is 0 Å². The first kappa shape index (κ1) is 24.1. The Morgan fingerprint density at radius 1 is 1.10 bits per heavy atom. The molecule has 0 aromatic heterocycles. The molecular weight excluding hydrogens is 437 g/mol. The summed E-state index contributed by atoms with van der Waals surface area (Å²) in [6, 6.07) is 5.24. The Bertz CT molecular complexity index is 794. The van der Waals surface area contributed by atoms with Gasteiger partial charge in [-0.3, -0.25) is 9.59 Å². The van der Waals surface area contributed by atoms with Gasteiger partial charge in [-0.05, 0) is 49.6 Å². The van der Waals surface area contributed by atoms with Crippen molar-refractivity contribution in [3.05, 3.63) is 39.9 Å². The number of ether oxygens (including phenoxy) is 1. The largest absolute Gasteiger partial charge is 0.381 e. The number of halogens is 2. The molecule has 2 saturated heterocycles. The SMILES string of the molecule is COC1CCN(CCCN2CCN(C(=O)C=Cc3ccc(Cl)c(Cl)c3)CCC2=O)CC1. The minimum atomic E-state index is -0.0956. The summed E-state index contributed by atoms with van der Waals surface area (Å²) < 4.78 is 5.42. The summed E-state index contributed by atoms with van der Waals surface area (Å²) in [4.78, 5) is 31.2. The maximum Gasteiger partial charge on any atom is 0.246 e. The molecule has 0 N–H and O–H groups in total. The number of piperidine rings is 1. The van der Waals surface area contributed by atoms with Crippen molar-refractivity contribution in [2.24, 2.45) is 0 Å². The van der Waals surface area contributed by atoms with E-state index in [2.05, 4.69) is 4.90 Å². The molecule has 2 amide bonds. The van der Waals surface area contributed by atoms with Crippen LogP contribution in [0.5, 0.6) is 0 Å². The Hall–Kier alpha value is -1.60. The van der Waals surface area contributed by atoms with Crippen molar-refractivity contribution in [2.45, 2.75) is 31.8 Å². The van der Waals surface area contributed by atoms with Crippen LogP contribution in [0.15, 0.2) is 24.3 Å². The number of carbonyl (C=O) groups is 2. The van der Waals surface area contributed by atoms with Crippen LogP contribution < -0.4 is 0 Å². The highest BCUT2D eigenvalue weighted by Crippen LogP contribution is 2.23.